The molecule has 178 valence electrons. The highest BCUT2D eigenvalue weighted by molar-refractivity contribution is 7.26. The van der Waals surface area contributed by atoms with Gasteiger partial charge in [0.05, 0.1) is 21.3 Å². The van der Waals surface area contributed by atoms with Crippen LogP contribution < -0.4 is 0 Å². The third-order valence-corrected chi connectivity index (χ3v) is 8.38. The zero-order chi connectivity index (χ0) is 25.1. The Kier molecular flexibility index (Phi) is 4.69. The summed E-state index contributed by atoms with van der Waals surface area (Å²) in [7, 11) is 0. The van der Waals surface area contributed by atoms with Crippen molar-refractivity contribution in [2.24, 2.45) is 0 Å². The highest BCUT2D eigenvalue weighted by atomic mass is 32.1. The Bertz CT molecular complexity index is 2120. The van der Waals surface area contributed by atoms with Crippen molar-refractivity contribution >= 4 is 53.4 Å². The average molecular weight is 504 g/mol. The predicted molar refractivity (Wildman–Crippen MR) is 160 cm³/mol. The van der Waals surface area contributed by atoms with E-state index in [2.05, 4.69) is 114 Å². The number of thiophene rings is 1. The van der Waals surface area contributed by atoms with Crippen molar-refractivity contribution in [1.29, 1.82) is 0 Å². The molecular formula is C34H21N3S. The molecule has 0 fully saturated rings. The lowest BCUT2D eigenvalue weighted by Crippen LogP contribution is -2.01. The number of nitrogens with zero attached hydrogens (tertiary/aromatic N) is 3. The van der Waals surface area contributed by atoms with E-state index in [9.17, 15) is 0 Å². The van der Waals surface area contributed by atoms with Gasteiger partial charge in [0.1, 0.15) is 0 Å². The van der Waals surface area contributed by atoms with Crippen LogP contribution in [0.3, 0.4) is 0 Å². The molecule has 3 aromatic heterocycles. The molecule has 0 amide bonds. The van der Waals surface area contributed by atoms with Gasteiger partial charge in [0.15, 0.2) is 11.6 Å². The van der Waals surface area contributed by atoms with Gasteiger partial charge in [-0.1, -0.05) is 103 Å². The first-order valence-corrected chi connectivity index (χ1v) is 13.5. The van der Waals surface area contributed by atoms with E-state index in [0.29, 0.717) is 0 Å². The Morgan fingerprint density at radius 3 is 1.97 bits per heavy atom. The van der Waals surface area contributed by atoms with Crippen molar-refractivity contribution in [2.45, 2.75) is 0 Å². The van der Waals surface area contributed by atoms with E-state index in [4.69, 9.17) is 9.97 Å². The smallest absolute Gasteiger partial charge is 0.162 e. The highest BCUT2D eigenvalue weighted by Crippen LogP contribution is 2.41. The molecule has 8 rings (SSSR count). The topological polar surface area (TPSA) is 30.7 Å². The molecule has 4 heteroatoms. The molecule has 0 aliphatic carbocycles. The lowest BCUT2D eigenvalue weighted by molar-refractivity contribution is 1.08. The molecule has 0 aliphatic rings. The second-order valence-electron chi connectivity index (χ2n) is 9.46. The van der Waals surface area contributed by atoms with Crippen LogP contribution in [-0.4, -0.2) is 14.5 Å². The molecule has 0 N–H and O–H groups in total. The number of hydrogen-bond acceptors (Lipinski definition) is 3. The molecule has 0 spiro atoms. The maximum atomic E-state index is 5.25. The van der Waals surface area contributed by atoms with Crippen LogP contribution in [-0.2, 0) is 0 Å². The van der Waals surface area contributed by atoms with Gasteiger partial charge >= 0.3 is 0 Å². The Morgan fingerprint density at radius 1 is 0.500 bits per heavy atom. The standard InChI is InChI=1S/C34H21N3S/c1-3-11-22(12-4-1)24-19-20-29-27(21-24)25-15-7-9-17-28(25)37(29)34-32-31(26-16-8-10-18-30(26)38-32)35-33(36-34)23-13-5-2-6-14-23/h1-21H. The predicted octanol–water partition coefficient (Wildman–Crippen LogP) is 9.28. The summed E-state index contributed by atoms with van der Waals surface area (Å²) in [4.78, 5) is 10.4. The maximum absolute atomic E-state index is 5.25. The van der Waals surface area contributed by atoms with Crippen LogP contribution >= 0.6 is 11.3 Å². The molecular weight excluding hydrogens is 482 g/mol. The summed E-state index contributed by atoms with van der Waals surface area (Å²) in [6, 6.07) is 44.8. The number of benzene rings is 5. The fourth-order valence-corrected chi connectivity index (χ4v) is 6.58. The van der Waals surface area contributed by atoms with E-state index in [1.165, 1.54) is 32.0 Å². The molecule has 0 bridgehead atoms. The first kappa shape index (κ1) is 21.3. The summed E-state index contributed by atoms with van der Waals surface area (Å²) in [5, 5.41) is 3.60. The number of rotatable bonds is 3. The highest BCUT2D eigenvalue weighted by Gasteiger charge is 2.20. The van der Waals surface area contributed by atoms with E-state index in [1.807, 2.05) is 18.2 Å². The monoisotopic (exact) mass is 503 g/mol. The van der Waals surface area contributed by atoms with Crippen molar-refractivity contribution in [2.75, 3.05) is 0 Å². The van der Waals surface area contributed by atoms with E-state index >= 15 is 0 Å². The van der Waals surface area contributed by atoms with Gasteiger partial charge in [-0.05, 0) is 35.4 Å². The van der Waals surface area contributed by atoms with Crippen LogP contribution in [0.15, 0.2) is 127 Å². The van der Waals surface area contributed by atoms with Gasteiger partial charge in [0.25, 0.3) is 0 Å². The second-order valence-corrected chi connectivity index (χ2v) is 10.5. The Hall–Kier alpha value is -4.80. The number of hydrogen-bond donors (Lipinski definition) is 0. The molecule has 5 aromatic carbocycles. The summed E-state index contributed by atoms with van der Waals surface area (Å²) >= 11 is 1.76. The number of aromatic nitrogens is 3. The summed E-state index contributed by atoms with van der Waals surface area (Å²) in [6.45, 7) is 0. The average Bonchev–Trinajstić information content (AvgIpc) is 3.53. The van der Waals surface area contributed by atoms with Crippen molar-refractivity contribution in [1.82, 2.24) is 14.5 Å². The largest absolute Gasteiger partial charge is 0.292 e. The third kappa shape index (κ3) is 3.21. The Balaban J connectivity index is 1.50. The molecule has 3 heterocycles. The minimum atomic E-state index is 0.739. The van der Waals surface area contributed by atoms with Gasteiger partial charge in [-0.15, -0.1) is 11.3 Å². The molecule has 0 saturated heterocycles. The zero-order valence-electron chi connectivity index (χ0n) is 20.4. The third-order valence-electron chi connectivity index (χ3n) is 7.23. The van der Waals surface area contributed by atoms with Gasteiger partial charge in [-0.2, -0.15) is 0 Å². The fourth-order valence-electron chi connectivity index (χ4n) is 5.46. The van der Waals surface area contributed by atoms with Crippen LogP contribution in [0.2, 0.25) is 0 Å². The van der Waals surface area contributed by atoms with Crippen LogP contribution in [0.25, 0.3) is 70.4 Å². The number of para-hydroxylation sites is 1. The van der Waals surface area contributed by atoms with E-state index in [1.54, 1.807) is 11.3 Å². The van der Waals surface area contributed by atoms with E-state index in [-0.39, 0.29) is 0 Å². The molecule has 38 heavy (non-hydrogen) atoms. The molecule has 0 aliphatic heterocycles. The lowest BCUT2D eigenvalue weighted by Gasteiger charge is -2.11. The van der Waals surface area contributed by atoms with Crippen LogP contribution in [0, 0.1) is 0 Å². The van der Waals surface area contributed by atoms with Crippen molar-refractivity contribution in [3.05, 3.63) is 127 Å². The van der Waals surface area contributed by atoms with Crippen molar-refractivity contribution < 1.29 is 0 Å². The minimum Gasteiger partial charge on any atom is -0.292 e. The second kappa shape index (κ2) is 8.37. The van der Waals surface area contributed by atoms with Gasteiger partial charge in [0, 0.05) is 26.4 Å². The van der Waals surface area contributed by atoms with E-state index in [0.717, 1.165) is 38.5 Å². The van der Waals surface area contributed by atoms with Crippen LogP contribution in [0.1, 0.15) is 0 Å². The molecule has 0 radical (unpaired) electrons. The fraction of sp³-hybridized carbons (Fsp3) is 0. The van der Waals surface area contributed by atoms with Crippen LogP contribution in [0.5, 0.6) is 0 Å². The van der Waals surface area contributed by atoms with Crippen LogP contribution in [0.4, 0.5) is 0 Å². The summed E-state index contributed by atoms with van der Waals surface area (Å²) in [5.74, 6) is 1.66. The van der Waals surface area contributed by atoms with Crippen molar-refractivity contribution in [3.8, 4) is 28.3 Å². The molecule has 3 nitrogen and oxygen atoms in total. The maximum Gasteiger partial charge on any atom is 0.162 e. The van der Waals surface area contributed by atoms with Gasteiger partial charge in [0.2, 0.25) is 0 Å². The van der Waals surface area contributed by atoms with Gasteiger partial charge in [-0.25, -0.2) is 9.97 Å². The SMILES string of the molecule is c1ccc(-c2ccc3c(c2)c2ccccc2n3-c2nc(-c3ccccc3)nc3c2sc2ccccc23)cc1. The minimum absolute atomic E-state index is 0.739. The number of fused-ring (bicyclic) bond motifs is 6. The first-order valence-electron chi connectivity index (χ1n) is 12.7. The summed E-state index contributed by atoms with van der Waals surface area (Å²) in [6.07, 6.45) is 0. The summed E-state index contributed by atoms with van der Waals surface area (Å²) in [5.41, 5.74) is 6.72. The lowest BCUT2D eigenvalue weighted by atomic mass is 10.0. The molecule has 0 unspecified atom stereocenters. The Labute approximate surface area is 223 Å². The van der Waals surface area contributed by atoms with Crippen molar-refractivity contribution in [3.63, 3.8) is 0 Å². The molecule has 0 atom stereocenters. The normalized spacial score (nSPS) is 11.7. The first-order chi connectivity index (χ1) is 18.8. The van der Waals surface area contributed by atoms with Gasteiger partial charge < -0.3 is 0 Å². The molecule has 8 aromatic rings. The molecule has 0 saturated carbocycles. The van der Waals surface area contributed by atoms with Gasteiger partial charge in [-0.3, -0.25) is 4.57 Å². The summed E-state index contributed by atoms with van der Waals surface area (Å²) < 4.78 is 4.64. The van der Waals surface area contributed by atoms with E-state index < -0.39 is 0 Å². The quantitative estimate of drug-likeness (QED) is 0.240. The Morgan fingerprint density at radius 2 is 1.16 bits per heavy atom. The zero-order valence-corrected chi connectivity index (χ0v) is 21.2.